The van der Waals surface area contributed by atoms with Crippen molar-refractivity contribution in [3.63, 3.8) is 0 Å². The average Bonchev–Trinajstić information content (AvgIpc) is 3.07. The lowest BCUT2D eigenvalue weighted by Crippen LogP contribution is -2.30. The molecule has 0 N–H and O–H groups in total. The molecule has 0 aromatic carbocycles. The van der Waals surface area contributed by atoms with Crippen molar-refractivity contribution < 1.29 is 0 Å². The van der Waals surface area contributed by atoms with Crippen LogP contribution in [0.2, 0.25) is 0 Å². The number of nitrogens with zero attached hydrogens (tertiary/aromatic N) is 1. The molecule has 0 atom stereocenters. The molecular weight excluding hydrogens is 462 g/mol. The Morgan fingerprint density at radius 1 is 0.913 bits per heavy atom. The Labute approximate surface area is 158 Å². The summed E-state index contributed by atoms with van der Waals surface area (Å²) >= 11 is 9.95. The van der Waals surface area contributed by atoms with Crippen molar-refractivity contribution in [3.8, 4) is 0 Å². The molecule has 0 unspecified atom stereocenters. The van der Waals surface area contributed by atoms with Crippen LogP contribution in [0.25, 0.3) is 20.2 Å². The van der Waals surface area contributed by atoms with Crippen LogP contribution in [-0.2, 0) is 6.54 Å². The van der Waals surface area contributed by atoms with Gasteiger partial charge in [0.05, 0.1) is 27.7 Å². The Morgan fingerprint density at radius 2 is 1.43 bits per heavy atom. The molecule has 3 rings (SSSR count). The van der Waals surface area contributed by atoms with Gasteiger partial charge in [-0.2, -0.15) is 0 Å². The number of hydrogen-bond acceptors (Lipinski definition) is 4. The van der Waals surface area contributed by atoms with Crippen molar-refractivity contribution in [2.45, 2.75) is 39.2 Å². The van der Waals surface area contributed by atoms with E-state index in [0.717, 1.165) is 42.7 Å². The summed E-state index contributed by atoms with van der Waals surface area (Å²) in [5, 5.41) is 1.25. The van der Waals surface area contributed by atoms with Crippen LogP contribution in [0.15, 0.2) is 29.3 Å². The van der Waals surface area contributed by atoms with Crippen LogP contribution in [0.3, 0.4) is 0 Å². The van der Waals surface area contributed by atoms with E-state index in [9.17, 15) is 9.59 Å². The standard InChI is InChI=1S/C16H15Br2NO2S2/c1-2-3-4-5-6-19-15(20)9-7-11(17)22-13(9)14-10(16(19)21)8-12(18)23-14/h7-8H,2-6H2,1H3. The van der Waals surface area contributed by atoms with Gasteiger partial charge in [-0.1, -0.05) is 26.2 Å². The van der Waals surface area contributed by atoms with Crippen molar-refractivity contribution in [2.75, 3.05) is 0 Å². The number of fused-ring (bicyclic) bond motifs is 3. The van der Waals surface area contributed by atoms with Crippen LogP contribution in [0.4, 0.5) is 0 Å². The van der Waals surface area contributed by atoms with E-state index in [-0.39, 0.29) is 11.1 Å². The van der Waals surface area contributed by atoms with Crippen LogP contribution in [0, 0.1) is 0 Å². The molecule has 0 spiro atoms. The summed E-state index contributed by atoms with van der Waals surface area (Å²) in [7, 11) is 0. The summed E-state index contributed by atoms with van der Waals surface area (Å²) in [5.41, 5.74) is -0.356. The van der Waals surface area contributed by atoms with E-state index in [2.05, 4.69) is 38.8 Å². The maximum Gasteiger partial charge on any atom is 0.262 e. The van der Waals surface area contributed by atoms with Crippen molar-refractivity contribution >= 4 is 74.7 Å². The summed E-state index contributed by atoms with van der Waals surface area (Å²) in [6.45, 7) is 2.63. The number of aromatic nitrogens is 1. The van der Waals surface area contributed by atoms with E-state index >= 15 is 0 Å². The molecular formula is C16H15Br2NO2S2. The van der Waals surface area contributed by atoms with E-state index < -0.39 is 0 Å². The normalized spacial score (nSPS) is 11.6. The first-order chi connectivity index (χ1) is 11.0. The first kappa shape index (κ1) is 17.3. The second kappa shape index (κ2) is 7.17. The molecule has 0 radical (unpaired) electrons. The van der Waals surface area contributed by atoms with Crippen molar-refractivity contribution in [2.24, 2.45) is 0 Å². The first-order valence-corrected chi connectivity index (χ1v) is 10.7. The van der Waals surface area contributed by atoms with Gasteiger partial charge in [-0.3, -0.25) is 14.2 Å². The summed E-state index contributed by atoms with van der Waals surface area (Å²) in [4.78, 5) is 25.7. The minimum absolute atomic E-state index is 0.178. The second-order valence-electron chi connectivity index (χ2n) is 5.41. The zero-order valence-corrected chi connectivity index (χ0v) is 17.3. The fourth-order valence-corrected chi connectivity index (χ4v) is 6.00. The zero-order valence-electron chi connectivity index (χ0n) is 12.5. The minimum atomic E-state index is -0.178. The highest BCUT2D eigenvalue weighted by atomic mass is 79.9. The molecule has 0 saturated carbocycles. The number of thiophene rings is 2. The maximum atomic E-state index is 12.9. The fraction of sp³-hybridized carbons (Fsp3) is 0.375. The minimum Gasteiger partial charge on any atom is -0.274 e. The van der Waals surface area contributed by atoms with Gasteiger partial charge in [-0.15, -0.1) is 22.7 Å². The molecule has 0 bridgehead atoms. The molecule has 3 nitrogen and oxygen atoms in total. The third kappa shape index (κ3) is 3.34. The van der Waals surface area contributed by atoms with Gasteiger partial charge in [-0.05, 0) is 50.4 Å². The summed E-state index contributed by atoms with van der Waals surface area (Å²) < 4.78 is 5.01. The molecule has 23 heavy (non-hydrogen) atoms. The van der Waals surface area contributed by atoms with E-state index in [1.165, 1.54) is 27.2 Å². The molecule has 0 saturated heterocycles. The van der Waals surface area contributed by atoms with Gasteiger partial charge in [-0.25, -0.2) is 0 Å². The fourth-order valence-electron chi connectivity index (χ4n) is 2.66. The zero-order chi connectivity index (χ0) is 16.6. The molecule has 0 aliphatic heterocycles. The van der Waals surface area contributed by atoms with Gasteiger partial charge >= 0.3 is 0 Å². The monoisotopic (exact) mass is 475 g/mol. The Kier molecular flexibility index (Phi) is 5.40. The Balaban J connectivity index is 2.29. The van der Waals surface area contributed by atoms with Crippen LogP contribution < -0.4 is 11.1 Å². The lowest BCUT2D eigenvalue weighted by atomic mass is 10.2. The smallest absolute Gasteiger partial charge is 0.262 e. The van der Waals surface area contributed by atoms with E-state index in [4.69, 9.17) is 0 Å². The van der Waals surface area contributed by atoms with Gasteiger partial charge < -0.3 is 0 Å². The van der Waals surface area contributed by atoms with Gasteiger partial charge in [0, 0.05) is 6.54 Å². The second-order valence-corrected chi connectivity index (χ2v) is 10.3. The summed E-state index contributed by atoms with van der Waals surface area (Å²) in [6, 6.07) is 3.66. The molecule has 0 aliphatic carbocycles. The van der Waals surface area contributed by atoms with Gasteiger partial charge in [0.2, 0.25) is 0 Å². The number of hydrogen-bond donors (Lipinski definition) is 0. The van der Waals surface area contributed by atoms with Gasteiger partial charge in [0.25, 0.3) is 11.1 Å². The molecule has 3 aromatic heterocycles. The highest BCUT2D eigenvalue weighted by Crippen LogP contribution is 2.37. The molecule has 7 heteroatoms. The highest BCUT2D eigenvalue weighted by molar-refractivity contribution is 9.11. The number of unbranched alkanes of at least 4 members (excludes halogenated alkanes) is 3. The Bertz CT molecular complexity index is 914. The van der Waals surface area contributed by atoms with Crippen molar-refractivity contribution in [1.29, 1.82) is 0 Å². The number of rotatable bonds is 5. The van der Waals surface area contributed by atoms with Crippen molar-refractivity contribution in [3.05, 3.63) is 40.4 Å². The molecule has 0 amide bonds. The molecule has 3 heterocycles. The molecule has 0 aliphatic rings. The van der Waals surface area contributed by atoms with Crippen LogP contribution >= 0.6 is 54.5 Å². The van der Waals surface area contributed by atoms with E-state index in [0.29, 0.717) is 17.3 Å². The lowest BCUT2D eigenvalue weighted by molar-refractivity contribution is 0.565. The predicted molar refractivity (Wildman–Crippen MR) is 107 cm³/mol. The average molecular weight is 477 g/mol. The Hall–Kier alpha value is -0.500. The van der Waals surface area contributed by atoms with Crippen LogP contribution in [-0.4, -0.2) is 4.57 Å². The Morgan fingerprint density at radius 3 is 1.91 bits per heavy atom. The summed E-state index contributed by atoms with van der Waals surface area (Å²) in [5.74, 6) is 0. The van der Waals surface area contributed by atoms with Crippen LogP contribution in [0.1, 0.15) is 32.6 Å². The largest absolute Gasteiger partial charge is 0.274 e. The number of halogens is 2. The lowest BCUT2D eigenvalue weighted by Gasteiger charge is -2.01. The highest BCUT2D eigenvalue weighted by Gasteiger charge is 2.15. The topological polar surface area (TPSA) is 39.1 Å². The SMILES string of the molecule is CCCCCCn1c(=O)c2cc(Br)sc2c2sc(Br)cc2c1=O. The summed E-state index contributed by atoms with van der Waals surface area (Å²) in [6.07, 6.45) is 4.15. The predicted octanol–water partition coefficient (Wildman–Crippen LogP) is 5.74. The molecule has 122 valence electrons. The third-order valence-electron chi connectivity index (χ3n) is 3.80. The van der Waals surface area contributed by atoms with Crippen LogP contribution in [0.5, 0.6) is 0 Å². The quantitative estimate of drug-likeness (QED) is 0.440. The van der Waals surface area contributed by atoms with E-state index in [1.54, 1.807) is 0 Å². The maximum absolute atomic E-state index is 12.9. The van der Waals surface area contributed by atoms with Gasteiger partial charge in [0.1, 0.15) is 0 Å². The third-order valence-corrected chi connectivity index (χ3v) is 7.24. The van der Waals surface area contributed by atoms with E-state index in [1.807, 2.05) is 12.1 Å². The molecule has 3 aromatic rings. The first-order valence-electron chi connectivity index (χ1n) is 7.48. The van der Waals surface area contributed by atoms with Gasteiger partial charge in [0.15, 0.2) is 0 Å². The van der Waals surface area contributed by atoms with Crippen molar-refractivity contribution in [1.82, 2.24) is 4.57 Å². The molecule has 0 fully saturated rings.